The molecule has 0 saturated heterocycles. The number of anilines is 1. The topological polar surface area (TPSA) is 71.0 Å². The van der Waals surface area contributed by atoms with Crippen molar-refractivity contribution < 1.29 is 4.79 Å². The Morgan fingerprint density at radius 3 is 2.79 bits per heavy atom. The lowest BCUT2D eigenvalue weighted by atomic mass is 10.2. The molecule has 1 amide bonds. The van der Waals surface area contributed by atoms with Crippen molar-refractivity contribution in [2.24, 2.45) is 0 Å². The van der Waals surface area contributed by atoms with E-state index >= 15 is 0 Å². The number of rotatable bonds is 7. The number of nitrogens with zero attached hydrogens (tertiary/aromatic N) is 4. The molecule has 0 bridgehead atoms. The Hall–Kier alpha value is -2.21. The molecule has 24 heavy (non-hydrogen) atoms. The van der Waals surface area contributed by atoms with Crippen LogP contribution < -0.4 is 5.32 Å². The minimum absolute atomic E-state index is 0.0135. The number of nitrogens with one attached hydrogen (secondary N) is 1. The van der Waals surface area contributed by atoms with Gasteiger partial charge in [-0.25, -0.2) is 9.97 Å². The molecular weight excluding hydrogens is 326 g/mol. The number of aromatic nitrogens is 3. The van der Waals surface area contributed by atoms with E-state index in [-0.39, 0.29) is 12.5 Å². The second-order valence-electron chi connectivity index (χ2n) is 5.48. The van der Waals surface area contributed by atoms with Crippen LogP contribution in [-0.4, -0.2) is 45.9 Å². The molecule has 2 rings (SSSR count). The summed E-state index contributed by atoms with van der Waals surface area (Å²) in [7, 11) is 1.78. The highest BCUT2D eigenvalue weighted by Crippen LogP contribution is 2.21. The lowest BCUT2D eigenvalue weighted by Gasteiger charge is -2.18. The van der Waals surface area contributed by atoms with Gasteiger partial charge in [-0.05, 0) is 25.5 Å². The van der Waals surface area contributed by atoms with E-state index in [1.165, 1.54) is 0 Å². The lowest BCUT2D eigenvalue weighted by Crippen LogP contribution is -2.34. The summed E-state index contributed by atoms with van der Waals surface area (Å²) < 4.78 is 0. The van der Waals surface area contributed by atoms with Crippen LogP contribution in [0.25, 0.3) is 0 Å². The van der Waals surface area contributed by atoms with E-state index in [0.29, 0.717) is 29.8 Å². The second kappa shape index (κ2) is 8.59. The molecule has 7 heteroatoms. The van der Waals surface area contributed by atoms with Gasteiger partial charge in [0.05, 0.1) is 6.54 Å². The standard InChI is InChI=1S/C17H22ClN5O/c1-4-14-16(18)21-12(2)22-17(14)20-11-15(24)23(3)10-8-13-7-5-6-9-19-13/h5-7,9H,4,8,10-11H2,1-3H3,(H,20,21,22). The summed E-state index contributed by atoms with van der Waals surface area (Å²) in [6.45, 7) is 4.53. The Kier molecular flexibility index (Phi) is 6.49. The number of carbonyl (C=O) groups is 1. The van der Waals surface area contributed by atoms with E-state index in [0.717, 1.165) is 17.7 Å². The molecule has 2 aromatic rings. The van der Waals surface area contributed by atoms with Gasteiger partial charge in [-0.2, -0.15) is 0 Å². The van der Waals surface area contributed by atoms with Gasteiger partial charge in [0, 0.05) is 37.5 Å². The summed E-state index contributed by atoms with van der Waals surface area (Å²) in [4.78, 5) is 26.7. The van der Waals surface area contributed by atoms with Gasteiger partial charge in [-0.15, -0.1) is 0 Å². The molecular formula is C17H22ClN5O. The Balaban J connectivity index is 1.90. The van der Waals surface area contributed by atoms with E-state index in [1.807, 2.05) is 25.1 Å². The first-order valence-corrected chi connectivity index (χ1v) is 8.29. The monoisotopic (exact) mass is 347 g/mol. The minimum Gasteiger partial charge on any atom is -0.361 e. The van der Waals surface area contributed by atoms with Crippen LogP contribution in [0.3, 0.4) is 0 Å². The largest absolute Gasteiger partial charge is 0.361 e. The Morgan fingerprint density at radius 2 is 2.12 bits per heavy atom. The summed E-state index contributed by atoms with van der Waals surface area (Å²) in [5.74, 6) is 1.19. The van der Waals surface area contributed by atoms with Gasteiger partial charge in [0.2, 0.25) is 5.91 Å². The molecule has 0 saturated carbocycles. The van der Waals surface area contributed by atoms with Crippen molar-refractivity contribution in [3.05, 3.63) is 46.6 Å². The molecule has 0 aliphatic rings. The van der Waals surface area contributed by atoms with Gasteiger partial charge in [0.25, 0.3) is 0 Å². The lowest BCUT2D eigenvalue weighted by molar-refractivity contribution is -0.128. The smallest absolute Gasteiger partial charge is 0.241 e. The van der Waals surface area contributed by atoms with E-state index < -0.39 is 0 Å². The second-order valence-corrected chi connectivity index (χ2v) is 5.84. The van der Waals surface area contributed by atoms with Crippen molar-refractivity contribution in [2.75, 3.05) is 25.5 Å². The van der Waals surface area contributed by atoms with Gasteiger partial charge >= 0.3 is 0 Å². The van der Waals surface area contributed by atoms with Crippen LogP contribution in [0.4, 0.5) is 5.82 Å². The highest BCUT2D eigenvalue weighted by Gasteiger charge is 2.13. The fourth-order valence-corrected chi connectivity index (χ4v) is 2.61. The fourth-order valence-electron chi connectivity index (χ4n) is 2.27. The predicted molar refractivity (Wildman–Crippen MR) is 95.2 cm³/mol. The number of likely N-dealkylation sites (N-methyl/N-ethyl adjacent to an activating group) is 1. The SMILES string of the molecule is CCc1c(Cl)nc(C)nc1NCC(=O)N(C)CCc1ccccn1. The molecule has 0 atom stereocenters. The van der Waals surface area contributed by atoms with E-state index in [2.05, 4.69) is 20.3 Å². The van der Waals surface area contributed by atoms with Crippen molar-refractivity contribution in [3.8, 4) is 0 Å². The molecule has 0 aromatic carbocycles. The molecule has 128 valence electrons. The number of halogens is 1. The van der Waals surface area contributed by atoms with Crippen molar-refractivity contribution in [1.82, 2.24) is 19.9 Å². The van der Waals surface area contributed by atoms with Crippen molar-refractivity contribution in [1.29, 1.82) is 0 Å². The average Bonchev–Trinajstić information content (AvgIpc) is 2.58. The third-order valence-corrected chi connectivity index (χ3v) is 4.00. The maximum Gasteiger partial charge on any atom is 0.241 e. The third-order valence-electron chi connectivity index (χ3n) is 3.68. The highest BCUT2D eigenvalue weighted by atomic mass is 35.5. The number of aryl methyl sites for hydroxylation is 1. The van der Waals surface area contributed by atoms with Crippen molar-refractivity contribution in [3.63, 3.8) is 0 Å². The first-order chi connectivity index (χ1) is 11.5. The molecule has 0 unspecified atom stereocenters. The number of amides is 1. The molecule has 2 aromatic heterocycles. The summed E-state index contributed by atoms with van der Waals surface area (Å²) in [5, 5.41) is 3.52. The zero-order valence-corrected chi connectivity index (χ0v) is 15.0. The average molecular weight is 348 g/mol. The molecule has 0 fully saturated rings. The normalized spacial score (nSPS) is 10.5. The van der Waals surface area contributed by atoms with E-state index in [1.54, 1.807) is 25.1 Å². The molecule has 0 spiro atoms. The zero-order chi connectivity index (χ0) is 17.5. The summed E-state index contributed by atoms with van der Waals surface area (Å²) >= 11 is 6.14. The van der Waals surface area contributed by atoms with Crippen LogP contribution in [-0.2, 0) is 17.6 Å². The first kappa shape index (κ1) is 18.1. The Bertz CT molecular complexity index is 693. The number of hydrogen-bond acceptors (Lipinski definition) is 5. The van der Waals surface area contributed by atoms with Crippen molar-refractivity contribution >= 4 is 23.3 Å². The van der Waals surface area contributed by atoms with Gasteiger partial charge in [0.15, 0.2) is 0 Å². The van der Waals surface area contributed by atoms with Gasteiger partial charge in [-0.1, -0.05) is 24.6 Å². The summed E-state index contributed by atoms with van der Waals surface area (Å²) in [5.41, 5.74) is 1.79. The molecule has 0 aliphatic carbocycles. The number of carbonyl (C=O) groups excluding carboxylic acids is 1. The minimum atomic E-state index is -0.0135. The fraction of sp³-hybridized carbons (Fsp3) is 0.412. The van der Waals surface area contributed by atoms with Gasteiger partial charge in [0.1, 0.15) is 16.8 Å². The van der Waals surface area contributed by atoms with Crippen LogP contribution in [0.2, 0.25) is 5.15 Å². The number of hydrogen-bond donors (Lipinski definition) is 1. The van der Waals surface area contributed by atoms with E-state index in [4.69, 9.17) is 11.6 Å². The zero-order valence-electron chi connectivity index (χ0n) is 14.2. The Labute approximate surface area is 147 Å². The molecule has 6 nitrogen and oxygen atoms in total. The van der Waals surface area contributed by atoms with Crippen LogP contribution in [0.5, 0.6) is 0 Å². The van der Waals surface area contributed by atoms with Crippen molar-refractivity contribution in [2.45, 2.75) is 26.7 Å². The van der Waals surface area contributed by atoms with Crippen LogP contribution in [0, 0.1) is 6.92 Å². The van der Waals surface area contributed by atoms with Gasteiger partial charge < -0.3 is 10.2 Å². The van der Waals surface area contributed by atoms with Gasteiger partial charge in [-0.3, -0.25) is 9.78 Å². The maximum absolute atomic E-state index is 12.3. The van der Waals surface area contributed by atoms with Crippen LogP contribution in [0.1, 0.15) is 24.0 Å². The molecule has 1 N–H and O–H groups in total. The summed E-state index contributed by atoms with van der Waals surface area (Å²) in [6.07, 6.45) is 3.18. The Morgan fingerprint density at radius 1 is 1.33 bits per heavy atom. The predicted octanol–water partition coefficient (Wildman–Crippen LogP) is 2.51. The molecule has 0 aliphatic heterocycles. The molecule has 0 radical (unpaired) electrons. The van der Waals surface area contributed by atoms with Crippen LogP contribution in [0.15, 0.2) is 24.4 Å². The molecule has 2 heterocycles. The number of pyridine rings is 1. The maximum atomic E-state index is 12.3. The quantitative estimate of drug-likeness (QED) is 0.779. The first-order valence-electron chi connectivity index (χ1n) is 7.92. The van der Waals surface area contributed by atoms with Crippen LogP contribution >= 0.6 is 11.6 Å². The van der Waals surface area contributed by atoms with E-state index in [9.17, 15) is 4.79 Å². The third kappa shape index (κ3) is 4.89. The summed E-state index contributed by atoms with van der Waals surface area (Å²) in [6, 6.07) is 5.78. The highest BCUT2D eigenvalue weighted by molar-refractivity contribution is 6.30.